The van der Waals surface area contributed by atoms with Gasteiger partial charge in [0, 0.05) is 24.7 Å². The maximum Gasteiger partial charge on any atom is 0.221 e. The van der Waals surface area contributed by atoms with Crippen molar-refractivity contribution in [1.29, 1.82) is 0 Å². The molecule has 140 valence electrons. The summed E-state index contributed by atoms with van der Waals surface area (Å²) >= 11 is 0. The maximum absolute atomic E-state index is 12.9. The van der Waals surface area contributed by atoms with Crippen LogP contribution >= 0.6 is 0 Å². The number of rotatable bonds is 6. The molecule has 0 radical (unpaired) electrons. The Balaban J connectivity index is 2.31. The second kappa shape index (κ2) is 7.43. The molecule has 1 aromatic rings. The van der Waals surface area contributed by atoms with Gasteiger partial charge in [0.25, 0.3) is 0 Å². The lowest BCUT2D eigenvalue weighted by atomic mass is 10.2. The Bertz CT molecular complexity index is 832. The van der Waals surface area contributed by atoms with Gasteiger partial charge in [-0.05, 0) is 37.6 Å². The molecule has 1 saturated heterocycles. The fourth-order valence-electron chi connectivity index (χ4n) is 2.87. The van der Waals surface area contributed by atoms with E-state index in [1.165, 1.54) is 31.2 Å². The average molecular weight is 389 g/mol. The van der Waals surface area contributed by atoms with Gasteiger partial charge in [0.05, 0.1) is 21.7 Å². The van der Waals surface area contributed by atoms with E-state index in [0.717, 1.165) is 6.42 Å². The largest absolute Gasteiger partial charge is 0.326 e. The monoisotopic (exact) mass is 388 g/mol. The quantitative estimate of drug-likeness (QED) is 0.752. The van der Waals surface area contributed by atoms with Gasteiger partial charge in [-0.1, -0.05) is 6.92 Å². The first kappa shape index (κ1) is 19.9. The van der Waals surface area contributed by atoms with Crippen LogP contribution in [0.2, 0.25) is 0 Å². The van der Waals surface area contributed by atoms with E-state index in [2.05, 4.69) is 10.6 Å². The van der Waals surface area contributed by atoms with Gasteiger partial charge >= 0.3 is 0 Å². The van der Waals surface area contributed by atoms with Gasteiger partial charge in [0.2, 0.25) is 5.91 Å². The molecule has 1 aliphatic rings. The summed E-state index contributed by atoms with van der Waals surface area (Å²) in [5.74, 6) is -0.808. The predicted octanol–water partition coefficient (Wildman–Crippen LogP) is 0.972. The van der Waals surface area contributed by atoms with Crippen molar-refractivity contribution >= 4 is 31.3 Å². The highest BCUT2D eigenvalue weighted by atomic mass is 32.2. The normalized spacial score (nSPS) is 24.0. The van der Waals surface area contributed by atoms with E-state index in [1.54, 1.807) is 0 Å². The van der Waals surface area contributed by atoms with E-state index < -0.39 is 31.0 Å². The molecular formula is C16H24N2O5S2. The van der Waals surface area contributed by atoms with Crippen LogP contribution in [-0.2, 0) is 24.5 Å². The number of benzene rings is 1. The van der Waals surface area contributed by atoms with Crippen LogP contribution in [0.4, 0.5) is 5.69 Å². The zero-order valence-electron chi connectivity index (χ0n) is 14.5. The molecule has 3 atom stereocenters. The molecule has 7 nitrogen and oxygen atoms in total. The Morgan fingerprint density at radius 3 is 2.36 bits per heavy atom. The van der Waals surface area contributed by atoms with E-state index in [0.29, 0.717) is 5.69 Å². The van der Waals surface area contributed by atoms with Gasteiger partial charge in [-0.3, -0.25) is 4.79 Å². The van der Waals surface area contributed by atoms with Crippen LogP contribution in [-0.4, -0.2) is 51.6 Å². The highest BCUT2D eigenvalue weighted by Gasteiger charge is 2.45. The van der Waals surface area contributed by atoms with Crippen molar-refractivity contribution in [3.8, 4) is 0 Å². The van der Waals surface area contributed by atoms with Crippen LogP contribution in [0.3, 0.4) is 0 Å². The summed E-state index contributed by atoms with van der Waals surface area (Å²) in [7, 11) is -7.22. The molecule has 0 aliphatic carbocycles. The Morgan fingerprint density at radius 1 is 1.24 bits per heavy atom. The molecule has 1 aromatic carbocycles. The van der Waals surface area contributed by atoms with Crippen LogP contribution in [0, 0.1) is 0 Å². The smallest absolute Gasteiger partial charge is 0.221 e. The average Bonchev–Trinajstić information content (AvgIpc) is 2.82. The minimum atomic E-state index is -3.81. The topological polar surface area (TPSA) is 109 Å². The molecule has 1 amide bonds. The summed E-state index contributed by atoms with van der Waals surface area (Å²) in [6.07, 6.45) is 0.773. The second-order valence-corrected chi connectivity index (χ2v) is 10.8. The number of hydrogen-bond acceptors (Lipinski definition) is 6. The van der Waals surface area contributed by atoms with Gasteiger partial charge in [0.1, 0.15) is 0 Å². The van der Waals surface area contributed by atoms with E-state index in [9.17, 15) is 21.6 Å². The molecule has 1 heterocycles. The lowest BCUT2D eigenvalue weighted by molar-refractivity contribution is -0.114. The first-order valence-corrected chi connectivity index (χ1v) is 11.5. The molecule has 0 bridgehead atoms. The zero-order valence-corrected chi connectivity index (χ0v) is 16.2. The zero-order chi connectivity index (χ0) is 18.8. The van der Waals surface area contributed by atoms with Crippen molar-refractivity contribution in [1.82, 2.24) is 5.32 Å². The summed E-state index contributed by atoms with van der Waals surface area (Å²) in [6, 6.07) is 5.18. The van der Waals surface area contributed by atoms with Gasteiger partial charge < -0.3 is 10.6 Å². The molecule has 2 rings (SSSR count). The van der Waals surface area contributed by atoms with Gasteiger partial charge in [-0.25, -0.2) is 16.8 Å². The van der Waals surface area contributed by atoms with Crippen molar-refractivity contribution in [2.75, 3.05) is 16.8 Å². The van der Waals surface area contributed by atoms with Crippen LogP contribution in [0.5, 0.6) is 0 Å². The number of carbonyl (C=O) groups is 1. The highest BCUT2D eigenvalue weighted by Crippen LogP contribution is 2.27. The summed E-state index contributed by atoms with van der Waals surface area (Å²) in [5.41, 5.74) is 0.486. The van der Waals surface area contributed by atoms with Gasteiger partial charge in [-0.15, -0.1) is 0 Å². The number of carbonyl (C=O) groups excluding carboxylic acids is 1. The van der Waals surface area contributed by atoms with Crippen LogP contribution in [0.15, 0.2) is 29.2 Å². The molecule has 0 saturated carbocycles. The van der Waals surface area contributed by atoms with Crippen LogP contribution < -0.4 is 10.6 Å². The Hall–Kier alpha value is -1.45. The highest BCUT2D eigenvalue weighted by molar-refractivity contribution is 7.96. The molecule has 25 heavy (non-hydrogen) atoms. The molecular weight excluding hydrogens is 364 g/mol. The van der Waals surface area contributed by atoms with E-state index in [-0.39, 0.29) is 28.4 Å². The van der Waals surface area contributed by atoms with Crippen molar-refractivity contribution in [3.63, 3.8) is 0 Å². The van der Waals surface area contributed by atoms with Crippen LogP contribution in [0.25, 0.3) is 0 Å². The number of anilines is 1. The fraction of sp³-hybridized carbons (Fsp3) is 0.562. The molecule has 2 N–H and O–H groups in total. The SMILES string of the molecule is CCC(C)N[C@H]1CS(=O)(=O)C[C@@H]1S(=O)(=O)c1ccc(NC(C)=O)cc1. The maximum atomic E-state index is 12.9. The molecule has 0 spiro atoms. The first-order chi connectivity index (χ1) is 11.5. The molecule has 1 unspecified atom stereocenters. The third kappa shape index (κ3) is 4.80. The number of hydrogen-bond donors (Lipinski definition) is 2. The van der Waals surface area contributed by atoms with Crippen LogP contribution in [0.1, 0.15) is 27.2 Å². The van der Waals surface area contributed by atoms with E-state index >= 15 is 0 Å². The second-order valence-electron chi connectivity index (χ2n) is 6.45. The third-order valence-corrected chi connectivity index (χ3v) is 8.48. The minimum absolute atomic E-state index is 0.0261. The fourth-order valence-corrected chi connectivity index (χ4v) is 7.54. The Labute approximate surface area is 149 Å². The standard InChI is InChI=1S/C16H24N2O5S2/c1-4-11(2)17-15-9-24(20,21)10-16(15)25(22,23)14-7-5-13(6-8-14)18-12(3)19/h5-8,11,15-17H,4,9-10H2,1-3H3,(H,18,19)/t11?,15-,16-/m0/s1. The lowest BCUT2D eigenvalue weighted by Crippen LogP contribution is -2.46. The summed E-state index contributed by atoms with van der Waals surface area (Å²) < 4.78 is 49.9. The predicted molar refractivity (Wildman–Crippen MR) is 97.1 cm³/mol. The first-order valence-electron chi connectivity index (χ1n) is 8.13. The van der Waals surface area contributed by atoms with Gasteiger partial charge in [0.15, 0.2) is 19.7 Å². The van der Waals surface area contributed by atoms with Crippen molar-refractivity contribution in [2.45, 2.75) is 49.4 Å². The van der Waals surface area contributed by atoms with Gasteiger partial charge in [-0.2, -0.15) is 0 Å². The molecule has 1 fully saturated rings. The number of sulfone groups is 2. The summed E-state index contributed by atoms with van der Waals surface area (Å²) in [6.45, 7) is 5.21. The lowest BCUT2D eigenvalue weighted by Gasteiger charge is -2.23. The number of amides is 1. The molecule has 1 aliphatic heterocycles. The Kier molecular flexibility index (Phi) is 5.90. The Morgan fingerprint density at radius 2 is 1.84 bits per heavy atom. The van der Waals surface area contributed by atoms with Crippen molar-refractivity contribution in [2.24, 2.45) is 0 Å². The van der Waals surface area contributed by atoms with Crippen molar-refractivity contribution < 1.29 is 21.6 Å². The van der Waals surface area contributed by atoms with E-state index in [4.69, 9.17) is 0 Å². The minimum Gasteiger partial charge on any atom is -0.326 e. The van der Waals surface area contributed by atoms with E-state index in [1.807, 2.05) is 13.8 Å². The van der Waals surface area contributed by atoms with Crippen molar-refractivity contribution in [3.05, 3.63) is 24.3 Å². The summed E-state index contributed by atoms with van der Waals surface area (Å²) in [5, 5.41) is 4.68. The molecule has 0 aromatic heterocycles. The number of nitrogens with one attached hydrogen (secondary N) is 2. The summed E-state index contributed by atoms with van der Waals surface area (Å²) in [4.78, 5) is 11.1. The molecule has 9 heteroatoms. The third-order valence-electron chi connectivity index (χ3n) is 4.31.